The summed E-state index contributed by atoms with van der Waals surface area (Å²) in [5, 5.41) is 3.41. The van der Waals surface area contributed by atoms with Crippen molar-refractivity contribution in [3.8, 4) is 0 Å². The minimum Gasteiger partial charge on any atom is -0.312 e. The van der Waals surface area contributed by atoms with E-state index in [1.54, 1.807) is 17.3 Å². The quantitative estimate of drug-likeness (QED) is 0.884. The van der Waals surface area contributed by atoms with Crippen LogP contribution in [0.15, 0.2) is 24.5 Å². The van der Waals surface area contributed by atoms with E-state index in [1.807, 2.05) is 19.2 Å². The van der Waals surface area contributed by atoms with Crippen molar-refractivity contribution < 1.29 is 4.79 Å². The van der Waals surface area contributed by atoms with E-state index in [1.165, 1.54) is 0 Å². The first-order valence-corrected chi connectivity index (χ1v) is 6.63. The van der Waals surface area contributed by atoms with Crippen LogP contribution in [0.2, 0.25) is 0 Å². The van der Waals surface area contributed by atoms with Crippen LogP contribution in [0.25, 0.3) is 0 Å². The summed E-state index contributed by atoms with van der Waals surface area (Å²) in [4.78, 5) is 18.5. The van der Waals surface area contributed by atoms with Crippen LogP contribution in [0.4, 0.5) is 5.69 Å². The van der Waals surface area contributed by atoms with Gasteiger partial charge in [0.15, 0.2) is 0 Å². The van der Waals surface area contributed by atoms with Gasteiger partial charge in [0, 0.05) is 13.2 Å². The number of likely N-dealkylation sites (N-methyl/N-ethyl adjacent to an activating group) is 1. The van der Waals surface area contributed by atoms with Gasteiger partial charge >= 0.3 is 0 Å². The third-order valence-electron chi connectivity index (χ3n) is 3.67. The minimum absolute atomic E-state index is 0.162. The predicted molar refractivity (Wildman–Crippen MR) is 72.5 cm³/mol. The second kappa shape index (κ2) is 5.48. The van der Waals surface area contributed by atoms with E-state index < -0.39 is 0 Å². The molecule has 4 nitrogen and oxygen atoms in total. The predicted octanol–water partition coefficient (Wildman–Crippen LogP) is 1.97. The van der Waals surface area contributed by atoms with Gasteiger partial charge < -0.3 is 10.2 Å². The molecule has 0 bridgehead atoms. The van der Waals surface area contributed by atoms with Gasteiger partial charge in [-0.25, -0.2) is 0 Å². The van der Waals surface area contributed by atoms with Gasteiger partial charge in [-0.2, -0.15) is 0 Å². The van der Waals surface area contributed by atoms with Crippen LogP contribution < -0.4 is 10.2 Å². The van der Waals surface area contributed by atoms with Crippen LogP contribution in [0.5, 0.6) is 0 Å². The Kier molecular flexibility index (Phi) is 3.97. The van der Waals surface area contributed by atoms with Crippen molar-refractivity contribution in [2.45, 2.75) is 38.1 Å². The van der Waals surface area contributed by atoms with Gasteiger partial charge in [0.2, 0.25) is 5.91 Å². The zero-order chi connectivity index (χ0) is 13.0. The molecule has 1 atom stereocenters. The highest BCUT2D eigenvalue weighted by atomic mass is 16.2. The molecule has 18 heavy (non-hydrogen) atoms. The second-order valence-corrected chi connectivity index (χ2v) is 4.94. The minimum atomic E-state index is -0.362. The Bertz CT molecular complexity index is 399. The second-order valence-electron chi connectivity index (χ2n) is 4.94. The first-order chi connectivity index (χ1) is 8.69. The largest absolute Gasteiger partial charge is 0.312 e. The summed E-state index contributed by atoms with van der Waals surface area (Å²) >= 11 is 0. The lowest BCUT2D eigenvalue weighted by Crippen LogP contribution is -2.54. The molecule has 0 saturated carbocycles. The number of carbonyl (C=O) groups excluding carboxylic acids is 1. The van der Waals surface area contributed by atoms with E-state index in [9.17, 15) is 4.79 Å². The summed E-state index contributed by atoms with van der Waals surface area (Å²) in [6.07, 6.45) is 7.37. The van der Waals surface area contributed by atoms with Gasteiger partial charge in [-0.15, -0.1) is 0 Å². The highest BCUT2D eigenvalue weighted by Crippen LogP contribution is 2.28. The Morgan fingerprint density at radius 2 is 2.44 bits per heavy atom. The summed E-state index contributed by atoms with van der Waals surface area (Å²) < 4.78 is 0. The fraction of sp³-hybridized carbons (Fsp3) is 0.571. The van der Waals surface area contributed by atoms with Crippen LogP contribution in [-0.4, -0.2) is 30.0 Å². The lowest BCUT2D eigenvalue weighted by atomic mass is 9.90. The number of hydrogen-bond acceptors (Lipinski definition) is 3. The van der Waals surface area contributed by atoms with E-state index in [0.717, 1.165) is 37.9 Å². The van der Waals surface area contributed by atoms with E-state index >= 15 is 0 Å². The number of aromatic nitrogens is 1. The zero-order valence-electron chi connectivity index (χ0n) is 11.1. The Hall–Kier alpha value is -1.42. The van der Waals surface area contributed by atoms with Crippen LogP contribution >= 0.6 is 0 Å². The maximum absolute atomic E-state index is 12.7. The molecule has 98 valence electrons. The first-order valence-electron chi connectivity index (χ1n) is 6.63. The Labute approximate surface area is 108 Å². The van der Waals surface area contributed by atoms with Crippen molar-refractivity contribution in [2.24, 2.45) is 0 Å². The molecule has 1 amide bonds. The normalized spacial score (nSPS) is 23.0. The van der Waals surface area contributed by atoms with Gasteiger partial charge in [0.05, 0.1) is 17.4 Å². The van der Waals surface area contributed by atoms with Crippen LogP contribution in [0, 0.1) is 0 Å². The number of rotatable bonds is 4. The summed E-state index contributed by atoms with van der Waals surface area (Å²) in [6.45, 7) is 3.06. The van der Waals surface area contributed by atoms with Crippen molar-refractivity contribution in [1.82, 2.24) is 10.3 Å². The molecule has 1 aromatic heterocycles. The fourth-order valence-electron chi connectivity index (χ4n) is 2.73. The molecule has 0 spiro atoms. The Balaban J connectivity index is 2.19. The van der Waals surface area contributed by atoms with Crippen molar-refractivity contribution in [3.05, 3.63) is 24.5 Å². The van der Waals surface area contributed by atoms with Crippen LogP contribution in [0.3, 0.4) is 0 Å². The maximum atomic E-state index is 12.7. The van der Waals surface area contributed by atoms with Crippen molar-refractivity contribution >= 4 is 11.6 Å². The van der Waals surface area contributed by atoms with Gasteiger partial charge in [0.1, 0.15) is 0 Å². The molecule has 1 N–H and O–H groups in total. The molecule has 1 saturated heterocycles. The van der Waals surface area contributed by atoms with E-state index in [2.05, 4.69) is 17.2 Å². The number of anilines is 1. The Morgan fingerprint density at radius 1 is 1.61 bits per heavy atom. The third-order valence-corrected chi connectivity index (χ3v) is 3.67. The molecule has 1 aliphatic rings. The molecule has 1 aliphatic heterocycles. The number of nitrogens with zero attached hydrogens (tertiary/aromatic N) is 2. The van der Waals surface area contributed by atoms with Gasteiger partial charge in [0.25, 0.3) is 0 Å². The first kappa shape index (κ1) is 13.0. The van der Waals surface area contributed by atoms with E-state index in [4.69, 9.17) is 0 Å². The number of hydrogen-bond donors (Lipinski definition) is 1. The number of pyridine rings is 1. The molecule has 2 heterocycles. The summed E-state index contributed by atoms with van der Waals surface area (Å²) in [5.74, 6) is 0.162. The highest BCUT2D eigenvalue weighted by Gasteiger charge is 2.41. The average molecular weight is 247 g/mol. The molecule has 0 aliphatic carbocycles. The molecule has 1 fully saturated rings. The molecule has 1 aromatic rings. The summed E-state index contributed by atoms with van der Waals surface area (Å²) in [7, 11) is 1.83. The molecule has 0 aromatic carbocycles. The molecule has 1 unspecified atom stereocenters. The third kappa shape index (κ3) is 2.38. The van der Waals surface area contributed by atoms with Gasteiger partial charge in [-0.3, -0.25) is 9.78 Å². The average Bonchev–Trinajstić information content (AvgIpc) is 2.88. The maximum Gasteiger partial charge on any atom is 0.247 e. The smallest absolute Gasteiger partial charge is 0.247 e. The SMILES string of the molecule is CCCC1(C(=O)N(C)c2cccnc2)CCCN1. The number of amides is 1. The highest BCUT2D eigenvalue weighted by molar-refractivity contribution is 5.99. The summed E-state index contributed by atoms with van der Waals surface area (Å²) in [6, 6.07) is 3.77. The lowest BCUT2D eigenvalue weighted by molar-refractivity contribution is -0.124. The van der Waals surface area contributed by atoms with E-state index in [0.29, 0.717) is 0 Å². The summed E-state index contributed by atoms with van der Waals surface area (Å²) in [5.41, 5.74) is 0.492. The van der Waals surface area contributed by atoms with Crippen molar-refractivity contribution in [2.75, 3.05) is 18.5 Å². The van der Waals surface area contributed by atoms with Gasteiger partial charge in [-0.1, -0.05) is 13.3 Å². The molecular weight excluding hydrogens is 226 g/mol. The van der Waals surface area contributed by atoms with Crippen molar-refractivity contribution in [1.29, 1.82) is 0 Å². The van der Waals surface area contributed by atoms with Crippen molar-refractivity contribution in [3.63, 3.8) is 0 Å². The van der Waals surface area contributed by atoms with E-state index in [-0.39, 0.29) is 11.4 Å². The van der Waals surface area contributed by atoms with Crippen LogP contribution in [-0.2, 0) is 4.79 Å². The Morgan fingerprint density at radius 3 is 3.00 bits per heavy atom. The number of nitrogens with one attached hydrogen (secondary N) is 1. The monoisotopic (exact) mass is 247 g/mol. The van der Waals surface area contributed by atoms with Gasteiger partial charge in [-0.05, 0) is 37.9 Å². The lowest BCUT2D eigenvalue weighted by Gasteiger charge is -2.32. The number of carbonyl (C=O) groups is 1. The zero-order valence-corrected chi connectivity index (χ0v) is 11.1. The standard InChI is InChI=1S/C14H21N3O/c1-3-7-14(8-5-10-16-14)13(18)17(2)12-6-4-9-15-11-12/h4,6,9,11,16H,3,5,7-8,10H2,1-2H3. The molecular formula is C14H21N3O. The molecule has 0 radical (unpaired) electrons. The molecule has 4 heteroatoms. The topological polar surface area (TPSA) is 45.2 Å². The van der Waals surface area contributed by atoms with Crippen LogP contribution in [0.1, 0.15) is 32.6 Å². The fourth-order valence-corrected chi connectivity index (χ4v) is 2.73. The molecule has 2 rings (SSSR count).